The van der Waals surface area contributed by atoms with Crippen molar-refractivity contribution in [2.45, 2.75) is 6.54 Å². The van der Waals surface area contributed by atoms with Gasteiger partial charge in [-0.05, 0) is 18.7 Å². The van der Waals surface area contributed by atoms with E-state index in [2.05, 4.69) is 11.2 Å². The number of nitrogens with zero attached hydrogens (tertiary/aromatic N) is 1. The summed E-state index contributed by atoms with van der Waals surface area (Å²) in [5, 5.41) is 3.64. The second-order valence-corrected chi connectivity index (χ2v) is 4.65. The van der Waals surface area contributed by atoms with Crippen LogP contribution in [0.1, 0.15) is 5.56 Å². The molecule has 0 aliphatic heterocycles. The predicted molar refractivity (Wildman–Crippen MR) is 74.6 cm³/mol. The smallest absolute Gasteiger partial charge is 0.234 e. The van der Waals surface area contributed by atoms with Crippen LogP contribution in [0.4, 0.5) is 0 Å². The molecule has 0 heterocycles. The zero-order valence-corrected chi connectivity index (χ0v) is 11.6. The Kier molecular flexibility index (Phi) is 6.00. The first-order valence-electron chi connectivity index (χ1n) is 5.36. The van der Waals surface area contributed by atoms with Gasteiger partial charge in [0.15, 0.2) is 0 Å². The molecule has 3 nitrogen and oxygen atoms in total. The molecule has 0 spiro atoms. The molecule has 0 aliphatic rings. The van der Waals surface area contributed by atoms with Crippen LogP contribution in [0.15, 0.2) is 18.2 Å². The molecule has 96 valence electrons. The predicted octanol–water partition coefficient (Wildman–Crippen LogP) is 2.17. The van der Waals surface area contributed by atoms with Crippen LogP contribution in [0.2, 0.25) is 10.0 Å². The summed E-state index contributed by atoms with van der Waals surface area (Å²) in [7, 11) is 1.83. The molecule has 1 N–H and O–H groups in total. The first kappa shape index (κ1) is 14.8. The standard InChI is InChI=1S/C13H14Cl2N2O/c1-3-7-16-12(18)9-17(2)8-10-5-4-6-11(14)13(10)15/h1,4-6H,7-9H2,2H3,(H,16,18). The fraction of sp³-hybridized carbons (Fsp3) is 0.308. The zero-order valence-electron chi connectivity index (χ0n) is 10.0. The summed E-state index contributed by atoms with van der Waals surface area (Å²) >= 11 is 12.0. The molecule has 1 amide bonds. The van der Waals surface area contributed by atoms with E-state index in [0.29, 0.717) is 16.6 Å². The van der Waals surface area contributed by atoms with E-state index < -0.39 is 0 Å². The molecule has 0 saturated carbocycles. The van der Waals surface area contributed by atoms with Gasteiger partial charge in [-0.2, -0.15) is 0 Å². The van der Waals surface area contributed by atoms with E-state index >= 15 is 0 Å². The molecule has 5 heteroatoms. The van der Waals surface area contributed by atoms with Crippen LogP contribution in [0.5, 0.6) is 0 Å². The van der Waals surface area contributed by atoms with Crippen molar-refractivity contribution in [1.29, 1.82) is 0 Å². The Balaban J connectivity index is 2.54. The topological polar surface area (TPSA) is 32.3 Å². The third-order valence-corrected chi connectivity index (χ3v) is 3.13. The molecule has 0 radical (unpaired) electrons. The highest BCUT2D eigenvalue weighted by Gasteiger charge is 2.09. The number of carbonyl (C=O) groups excluding carboxylic acids is 1. The highest BCUT2D eigenvalue weighted by molar-refractivity contribution is 6.42. The number of hydrogen-bond acceptors (Lipinski definition) is 2. The maximum atomic E-state index is 11.4. The highest BCUT2D eigenvalue weighted by Crippen LogP contribution is 2.26. The zero-order chi connectivity index (χ0) is 13.5. The summed E-state index contributed by atoms with van der Waals surface area (Å²) in [5.74, 6) is 2.23. The van der Waals surface area contributed by atoms with E-state index in [9.17, 15) is 4.79 Å². The molecule has 0 aliphatic carbocycles. The largest absolute Gasteiger partial charge is 0.344 e. The maximum absolute atomic E-state index is 11.4. The number of rotatable bonds is 5. The Morgan fingerprint density at radius 3 is 2.89 bits per heavy atom. The minimum absolute atomic E-state index is 0.117. The van der Waals surface area contributed by atoms with E-state index in [1.165, 1.54) is 0 Å². The number of halogens is 2. The summed E-state index contributed by atoms with van der Waals surface area (Å²) in [4.78, 5) is 13.3. The van der Waals surface area contributed by atoms with Gasteiger partial charge in [-0.1, -0.05) is 41.3 Å². The van der Waals surface area contributed by atoms with Gasteiger partial charge in [0.2, 0.25) is 5.91 Å². The molecule has 1 aromatic carbocycles. The average Bonchev–Trinajstić information content (AvgIpc) is 2.32. The van der Waals surface area contributed by atoms with E-state index in [-0.39, 0.29) is 19.0 Å². The lowest BCUT2D eigenvalue weighted by Crippen LogP contribution is -2.35. The van der Waals surface area contributed by atoms with Crippen LogP contribution in [0.25, 0.3) is 0 Å². The first-order valence-corrected chi connectivity index (χ1v) is 6.11. The first-order chi connectivity index (χ1) is 8.54. The number of carbonyl (C=O) groups is 1. The minimum atomic E-state index is -0.117. The number of benzene rings is 1. The fourth-order valence-corrected chi connectivity index (χ4v) is 1.85. The van der Waals surface area contributed by atoms with Gasteiger partial charge >= 0.3 is 0 Å². The molecule has 1 aromatic rings. The minimum Gasteiger partial charge on any atom is -0.344 e. The van der Waals surface area contributed by atoms with E-state index in [0.717, 1.165) is 5.56 Å². The van der Waals surface area contributed by atoms with Crippen LogP contribution in [-0.2, 0) is 11.3 Å². The van der Waals surface area contributed by atoms with Crippen LogP contribution in [0, 0.1) is 12.3 Å². The lowest BCUT2D eigenvalue weighted by Gasteiger charge is -2.17. The third-order valence-electron chi connectivity index (χ3n) is 2.27. The van der Waals surface area contributed by atoms with Gasteiger partial charge in [0.25, 0.3) is 0 Å². The lowest BCUT2D eigenvalue weighted by molar-refractivity contribution is -0.121. The van der Waals surface area contributed by atoms with Gasteiger partial charge in [-0.15, -0.1) is 6.42 Å². The third kappa shape index (κ3) is 4.58. The summed E-state index contributed by atoms with van der Waals surface area (Å²) in [6.07, 6.45) is 5.06. The molecule has 0 fully saturated rings. The number of terminal acetylenes is 1. The number of amides is 1. The number of nitrogens with one attached hydrogen (secondary N) is 1. The van der Waals surface area contributed by atoms with Crippen molar-refractivity contribution >= 4 is 29.1 Å². The summed E-state index contributed by atoms with van der Waals surface area (Å²) < 4.78 is 0. The highest BCUT2D eigenvalue weighted by atomic mass is 35.5. The Morgan fingerprint density at radius 2 is 2.22 bits per heavy atom. The van der Waals surface area contributed by atoms with Gasteiger partial charge in [-0.25, -0.2) is 0 Å². The molecule has 0 unspecified atom stereocenters. The molecule has 0 saturated heterocycles. The molecular formula is C13H14Cl2N2O. The van der Waals surface area contributed by atoms with E-state index in [4.69, 9.17) is 29.6 Å². The van der Waals surface area contributed by atoms with Crippen molar-refractivity contribution in [2.24, 2.45) is 0 Å². The van der Waals surface area contributed by atoms with Crippen LogP contribution < -0.4 is 5.32 Å². The van der Waals surface area contributed by atoms with Crippen molar-refractivity contribution in [3.8, 4) is 12.3 Å². The Morgan fingerprint density at radius 1 is 1.50 bits per heavy atom. The molecule has 0 atom stereocenters. The van der Waals surface area contributed by atoms with E-state index in [1.807, 2.05) is 24.1 Å². The molecule has 0 bridgehead atoms. The van der Waals surface area contributed by atoms with Crippen molar-refractivity contribution < 1.29 is 4.79 Å². The van der Waals surface area contributed by atoms with Crippen LogP contribution in [-0.4, -0.2) is 30.9 Å². The maximum Gasteiger partial charge on any atom is 0.234 e. The van der Waals surface area contributed by atoms with Gasteiger partial charge < -0.3 is 5.32 Å². The van der Waals surface area contributed by atoms with Gasteiger partial charge in [0.05, 0.1) is 23.1 Å². The summed E-state index contributed by atoms with van der Waals surface area (Å²) in [6.45, 7) is 1.04. The van der Waals surface area contributed by atoms with Crippen molar-refractivity contribution in [3.63, 3.8) is 0 Å². The second kappa shape index (κ2) is 7.27. The SMILES string of the molecule is C#CCNC(=O)CN(C)Cc1cccc(Cl)c1Cl. The molecular weight excluding hydrogens is 271 g/mol. The Labute approximate surface area is 117 Å². The lowest BCUT2D eigenvalue weighted by atomic mass is 10.2. The summed E-state index contributed by atoms with van der Waals surface area (Å²) in [5.41, 5.74) is 0.886. The van der Waals surface area contributed by atoms with Crippen molar-refractivity contribution in [3.05, 3.63) is 33.8 Å². The van der Waals surface area contributed by atoms with Crippen molar-refractivity contribution in [1.82, 2.24) is 10.2 Å². The monoisotopic (exact) mass is 284 g/mol. The number of hydrogen-bond donors (Lipinski definition) is 1. The Bertz CT molecular complexity index is 469. The number of likely N-dealkylation sites (N-methyl/N-ethyl adjacent to an activating group) is 1. The molecule has 1 rings (SSSR count). The molecule has 18 heavy (non-hydrogen) atoms. The van der Waals surface area contributed by atoms with E-state index in [1.54, 1.807) is 6.07 Å². The summed E-state index contributed by atoms with van der Waals surface area (Å²) in [6, 6.07) is 5.44. The van der Waals surface area contributed by atoms with Gasteiger partial charge in [0.1, 0.15) is 0 Å². The molecule has 0 aromatic heterocycles. The average molecular weight is 285 g/mol. The second-order valence-electron chi connectivity index (χ2n) is 3.87. The quantitative estimate of drug-likeness (QED) is 0.841. The van der Waals surface area contributed by atoms with Gasteiger partial charge in [-0.3, -0.25) is 9.69 Å². The fourth-order valence-electron chi connectivity index (χ4n) is 1.47. The van der Waals surface area contributed by atoms with Crippen LogP contribution in [0.3, 0.4) is 0 Å². The van der Waals surface area contributed by atoms with Gasteiger partial charge in [0, 0.05) is 6.54 Å². The van der Waals surface area contributed by atoms with Crippen molar-refractivity contribution in [2.75, 3.05) is 20.1 Å². The van der Waals surface area contributed by atoms with Crippen LogP contribution >= 0.6 is 23.2 Å². The Hall–Kier alpha value is -1.21. The normalized spacial score (nSPS) is 10.2.